The number of ether oxygens (including phenoxy) is 1. The van der Waals surface area contributed by atoms with E-state index >= 15 is 0 Å². The van der Waals surface area contributed by atoms with Crippen molar-refractivity contribution in [2.75, 3.05) is 6.54 Å². The first-order valence-electron chi connectivity index (χ1n) is 5.45. The molecule has 1 rings (SSSR count). The van der Waals surface area contributed by atoms with E-state index in [0.29, 0.717) is 13.0 Å². The maximum atomic E-state index is 11.8. The summed E-state index contributed by atoms with van der Waals surface area (Å²) in [4.78, 5) is 24.1. The zero-order valence-electron chi connectivity index (χ0n) is 10.2. The molecule has 2 atom stereocenters. The molecule has 16 heavy (non-hydrogen) atoms. The largest absolute Gasteiger partial charge is 0.481 e. The van der Waals surface area contributed by atoms with Crippen molar-refractivity contribution in [1.29, 1.82) is 0 Å². The Hall–Kier alpha value is -1.26. The number of likely N-dealkylation sites (tertiary alicyclic amines) is 1. The number of nitrogens with zero attached hydrogens (tertiary/aromatic N) is 1. The van der Waals surface area contributed by atoms with E-state index in [-0.39, 0.29) is 6.04 Å². The van der Waals surface area contributed by atoms with Crippen LogP contribution in [0.4, 0.5) is 4.79 Å². The quantitative estimate of drug-likeness (QED) is 0.743. The van der Waals surface area contributed by atoms with Crippen LogP contribution in [0.1, 0.15) is 34.1 Å². The second-order valence-electron chi connectivity index (χ2n) is 5.15. The highest BCUT2D eigenvalue weighted by molar-refractivity contribution is 5.75. The van der Waals surface area contributed by atoms with E-state index in [2.05, 4.69) is 0 Å². The molecule has 0 unspecified atom stereocenters. The van der Waals surface area contributed by atoms with Gasteiger partial charge in [0.15, 0.2) is 0 Å². The van der Waals surface area contributed by atoms with Gasteiger partial charge < -0.3 is 14.7 Å². The highest BCUT2D eigenvalue weighted by Crippen LogP contribution is 2.26. The molecule has 1 N–H and O–H groups in total. The van der Waals surface area contributed by atoms with Crippen molar-refractivity contribution < 1.29 is 19.4 Å². The molecule has 1 amide bonds. The molecular formula is C11H19NO4. The second kappa shape index (κ2) is 4.31. The molecule has 1 heterocycles. The van der Waals surface area contributed by atoms with E-state index in [1.54, 1.807) is 27.7 Å². The van der Waals surface area contributed by atoms with Gasteiger partial charge in [-0.3, -0.25) is 4.79 Å². The summed E-state index contributed by atoms with van der Waals surface area (Å²) >= 11 is 0. The van der Waals surface area contributed by atoms with Gasteiger partial charge in [-0.15, -0.1) is 0 Å². The van der Waals surface area contributed by atoms with Crippen LogP contribution in [0.2, 0.25) is 0 Å². The van der Waals surface area contributed by atoms with Crippen molar-refractivity contribution in [1.82, 2.24) is 4.90 Å². The van der Waals surface area contributed by atoms with Crippen LogP contribution in [-0.4, -0.2) is 40.3 Å². The zero-order valence-corrected chi connectivity index (χ0v) is 10.2. The van der Waals surface area contributed by atoms with Gasteiger partial charge >= 0.3 is 12.1 Å². The van der Waals surface area contributed by atoms with Crippen molar-refractivity contribution in [3.05, 3.63) is 0 Å². The van der Waals surface area contributed by atoms with Crippen LogP contribution >= 0.6 is 0 Å². The first kappa shape index (κ1) is 12.8. The van der Waals surface area contributed by atoms with E-state index in [0.717, 1.165) is 0 Å². The average molecular weight is 229 g/mol. The zero-order chi connectivity index (χ0) is 12.5. The minimum absolute atomic E-state index is 0.299. The molecule has 92 valence electrons. The van der Waals surface area contributed by atoms with Gasteiger partial charge in [-0.1, -0.05) is 0 Å². The number of carboxylic acid groups (broad SMARTS) is 1. The van der Waals surface area contributed by atoms with Crippen LogP contribution in [0.15, 0.2) is 0 Å². The monoisotopic (exact) mass is 229 g/mol. The molecule has 0 spiro atoms. The van der Waals surface area contributed by atoms with Crippen LogP contribution < -0.4 is 0 Å². The van der Waals surface area contributed by atoms with E-state index < -0.39 is 23.6 Å². The summed E-state index contributed by atoms with van der Waals surface area (Å²) in [6.45, 7) is 7.57. The van der Waals surface area contributed by atoms with Crippen molar-refractivity contribution in [3.63, 3.8) is 0 Å². The third-order valence-electron chi connectivity index (χ3n) is 2.70. The number of amides is 1. The van der Waals surface area contributed by atoms with Crippen molar-refractivity contribution >= 4 is 12.1 Å². The number of aliphatic carboxylic acids is 1. The Morgan fingerprint density at radius 1 is 1.38 bits per heavy atom. The number of carbonyl (C=O) groups excluding carboxylic acids is 1. The molecule has 1 aliphatic heterocycles. The van der Waals surface area contributed by atoms with Crippen LogP contribution in [0.25, 0.3) is 0 Å². The van der Waals surface area contributed by atoms with Crippen LogP contribution in [-0.2, 0) is 9.53 Å². The van der Waals surface area contributed by atoms with E-state index in [1.807, 2.05) is 0 Å². The summed E-state index contributed by atoms with van der Waals surface area (Å²) in [6, 6.07) is -0.299. The van der Waals surface area contributed by atoms with Crippen molar-refractivity contribution in [2.24, 2.45) is 5.92 Å². The molecule has 0 aromatic carbocycles. The highest BCUT2D eigenvalue weighted by atomic mass is 16.6. The van der Waals surface area contributed by atoms with E-state index in [1.165, 1.54) is 4.90 Å². The van der Waals surface area contributed by atoms with Gasteiger partial charge in [0, 0.05) is 12.6 Å². The Morgan fingerprint density at radius 2 is 1.94 bits per heavy atom. The molecule has 0 aromatic rings. The van der Waals surface area contributed by atoms with Gasteiger partial charge in [-0.25, -0.2) is 4.79 Å². The minimum Gasteiger partial charge on any atom is -0.481 e. The molecule has 5 heteroatoms. The summed E-state index contributed by atoms with van der Waals surface area (Å²) in [7, 11) is 0. The number of hydrogen-bond donors (Lipinski definition) is 1. The Morgan fingerprint density at radius 3 is 2.31 bits per heavy atom. The SMILES string of the molecule is C[C@@H]1[C@H](C(=O)O)CCN1C(=O)OC(C)(C)C. The molecule has 1 fully saturated rings. The summed E-state index contributed by atoms with van der Waals surface area (Å²) < 4.78 is 5.21. The fourth-order valence-corrected chi connectivity index (χ4v) is 1.85. The summed E-state index contributed by atoms with van der Waals surface area (Å²) in [5, 5.41) is 8.94. The lowest BCUT2D eigenvalue weighted by molar-refractivity contribution is -0.142. The van der Waals surface area contributed by atoms with Gasteiger partial charge in [0.25, 0.3) is 0 Å². The first-order valence-corrected chi connectivity index (χ1v) is 5.45. The number of rotatable bonds is 1. The summed E-state index contributed by atoms with van der Waals surface area (Å²) in [5.41, 5.74) is -0.544. The summed E-state index contributed by atoms with van der Waals surface area (Å²) in [5.74, 6) is -1.33. The Labute approximate surface area is 95.4 Å². The Kier molecular flexibility index (Phi) is 3.45. The molecule has 0 saturated carbocycles. The molecule has 1 aliphatic rings. The molecule has 0 aliphatic carbocycles. The lowest BCUT2D eigenvalue weighted by atomic mass is 10.0. The van der Waals surface area contributed by atoms with Crippen LogP contribution in [0.5, 0.6) is 0 Å². The number of carboxylic acids is 1. The van der Waals surface area contributed by atoms with Gasteiger partial charge in [0.05, 0.1) is 5.92 Å². The molecule has 0 bridgehead atoms. The summed E-state index contributed by atoms with van der Waals surface area (Å²) in [6.07, 6.45) is 0.0687. The fraction of sp³-hybridized carbons (Fsp3) is 0.818. The van der Waals surface area contributed by atoms with E-state index in [4.69, 9.17) is 9.84 Å². The third-order valence-corrected chi connectivity index (χ3v) is 2.70. The maximum Gasteiger partial charge on any atom is 0.410 e. The Bertz CT molecular complexity index is 295. The lowest BCUT2D eigenvalue weighted by Gasteiger charge is -2.27. The molecular weight excluding hydrogens is 210 g/mol. The van der Waals surface area contributed by atoms with Gasteiger partial charge in [-0.2, -0.15) is 0 Å². The normalized spacial score (nSPS) is 25.6. The smallest absolute Gasteiger partial charge is 0.410 e. The maximum absolute atomic E-state index is 11.8. The lowest BCUT2D eigenvalue weighted by Crippen LogP contribution is -2.41. The second-order valence-corrected chi connectivity index (χ2v) is 5.15. The topological polar surface area (TPSA) is 66.8 Å². The molecule has 0 radical (unpaired) electrons. The van der Waals surface area contributed by atoms with Gasteiger partial charge in [0.1, 0.15) is 5.60 Å². The number of carbonyl (C=O) groups is 2. The predicted molar refractivity (Wildman–Crippen MR) is 58.1 cm³/mol. The minimum atomic E-state index is -0.849. The third kappa shape index (κ3) is 2.87. The van der Waals surface area contributed by atoms with Gasteiger partial charge in [-0.05, 0) is 34.1 Å². The molecule has 0 aromatic heterocycles. The standard InChI is InChI=1S/C11H19NO4/c1-7-8(9(13)14)5-6-12(7)10(15)16-11(2,3)4/h7-8H,5-6H2,1-4H3,(H,13,14)/t7-,8-/m1/s1. The highest BCUT2D eigenvalue weighted by Gasteiger charge is 2.39. The predicted octanol–water partition coefficient (Wildman–Crippen LogP) is 1.72. The first-order chi connectivity index (χ1) is 7.22. The van der Waals surface area contributed by atoms with Crippen LogP contribution in [0.3, 0.4) is 0 Å². The average Bonchev–Trinajstić information content (AvgIpc) is 2.43. The van der Waals surface area contributed by atoms with Gasteiger partial charge in [0.2, 0.25) is 0 Å². The van der Waals surface area contributed by atoms with Crippen molar-refractivity contribution in [3.8, 4) is 0 Å². The van der Waals surface area contributed by atoms with Crippen molar-refractivity contribution in [2.45, 2.75) is 45.8 Å². The van der Waals surface area contributed by atoms with E-state index in [9.17, 15) is 9.59 Å². The fourth-order valence-electron chi connectivity index (χ4n) is 1.85. The molecule has 1 saturated heterocycles. The molecule has 5 nitrogen and oxygen atoms in total. The van der Waals surface area contributed by atoms with Crippen LogP contribution in [0, 0.1) is 5.92 Å². The number of hydrogen-bond acceptors (Lipinski definition) is 3. The Balaban J connectivity index is 2.63.